The smallest absolute Gasteiger partial charge is 0.236 e. The molecule has 0 saturated carbocycles. The van der Waals surface area contributed by atoms with Crippen molar-refractivity contribution in [1.29, 1.82) is 0 Å². The molecule has 0 spiro atoms. The SMILES string of the molecule is CCCC(N)C(=O)NCCOCC. The molecule has 0 heterocycles. The van der Waals surface area contributed by atoms with Crippen molar-refractivity contribution in [3.8, 4) is 0 Å². The van der Waals surface area contributed by atoms with Crippen LogP contribution in [0.1, 0.15) is 26.7 Å². The topological polar surface area (TPSA) is 64.4 Å². The lowest BCUT2D eigenvalue weighted by Crippen LogP contribution is -2.41. The van der Waals surface area contributed by atoms with Crippen LogP contribution >= 0.6 is 0 Å². The van der Waals surface area contributed by atoms with Crippen molar-refractivity contribution in [3.05, 3.63) is 0 Å². The monoisotopic (exact) mass is 188 g/mol. The summed E-state index contributed by atoms with van der Waals surface area (Å²) in [6.07, 6.45) is 1.67. The first-order valence-electron chi connectivity index (χ1n) is 4.83. The molecule has 0 aliphatic rings. The summed E-state index contributed by atoms with van der Waals surface area (Å²) in [7, 11) is 0. The van der Waals surface area contributed by atoms with E-state index < -0.39 is 0 Å². The number of hydrogen-bond donors (Lipinski definition) is 2. The van der Waals surface area contributed by atoms with E-state index in [0.29, 0.717) is 19.8 Å². The Morgan fingerprint density at radius 3 is 2.77 bits per heavy atom. The van der Waals surface area contributed by atoms with Crippen LogP contribution in [0.5, 0.6) is 0 Å². The van der Waals surface area contributed by atoms with Crippen molar-refractivity contribution in [1.82, 2.24) is 5.32 Å². The molecule has 0 rings (SSSR count). The van der Waals surface area contributed by atoms with Gasteiger partial charge in [0.15, 0.2) is 0 Å². The van der Waals surface area contributed by atoms with Gasteiger partial charge in [0, 0.05) is 13.2 Å². The van der Waals surface area contributed by atoms with Crippen molar-refractivity contribution in [2.75, 3.05) is 19.8 Å². The molecule has 0 saturated heterocycles. The van der Waals surface area contributed by atoms with Crippen molar-refractivity contribution in [2.24, 2.45) is 5.73 Å². The summed E-state index contributed by atoms with van der Waals surface area (Å²) in [6.45, 7) is 5.71. The number of carbonyl (C=O) groups excluding carboxylic acids is 1. The fraction of sp³-hybridized carbons (Fsp3) is 0.889. The van der Waals surface area contributed by atoms with E-state index in [9.17, 15) is 4.79 Å². The van der Waals surface area contributed by atoms with Gasteiger partial charge in [-0.05, 0) is 13.3 Å². The van der Waals surface area contributed by atoms with Crippen molar-refractivity contribution >= 4 is 5.91 Å². The second-order valence-electron chi connectivity index (χ2n) is 2.88. The van der Waals surface area contributed by atoms with E-state index in [1.54, 1.807) is 0 Å². The molecule has 0 radical (unpaired) electrons. The highest BCUT2D eigenvalue weighted by atomic mass is 16.5. The minimum absolute atomic E-state index is 0.0819. The number of nitrogens with two attached hydrogens (primary N) is 1. The molecule has 0 aromatic heterocycles. The molecule has 0 aromatic carbocycles. The highest BCUT2D eigenvalue weighted by Gasteiger charge is 2.10. The summed E-state index contributed by atoms with van der Waals surface area (Å²) in [5.41, 5.74) is 5.59. The number of ether oxygens (including phenoxy) is 1. The van der Waals surface area contributed by atoms with E-state index in [0.717, 1.165) is 12.8 Å². The zero-order valence-corrected chi connectivity index (χ0v) is 8.51. The quantitative estimate of drug-likeness (QED) is 0.563. The van der Waals surface area contributed by atoms with E-state index in [1.165, 1.54) is 0 Å². The van der Waals surface area contributed by atoms with E-state index in [2.05, 4.69) is 5.32 Å². The van der Waals surface area contributed by atoms with Gasteiger partial charge in [-0.1, -0.05) is 13.3 Å². The zero-order valence-electron chi connectivity index (χ0n) is 8.51. The van der Waals surface area contributed by atoms with Gasteiger partial charge in [-0.3, -0.25) is 4.79 Å². The van der Waals surface area contributed by atoms with Gasteiger partial charge in [-0.25, -0.2) is 0 Å². The third-order valence-corrected chi connectivity index (χ3v) is 1.69. The van der Waals surface area contributed by atoms with Crippen LogP contribution in [0.4, 0.5) is 0 Å². The predicted molar refractivity (Wildman–Crippen MR) is 52.4 cm³/mol. The Hall–Kier alpha value is -0.610. The molecule has 4 nitrogen and oxygen atoms in total. The minimum Gasteiger partial charge on any atom is -0.380 e. The Morgan fingerprint density at radius 2 is 2.23 bits per heavy atom. The normalized spacial score (nSPS) is 12.5. The van der Waals surface area contributed by atoms with Gasteiger partial charge in [0.05, 0.1) is 12.6 Å². The van der Waals surface area contributed by atoms with Crippen LogP contribution in [0.3, 0.4) is 0 Å². The lowest BCUT2D eigenvalue weighted by molar-refractivity contribution is -0.122. The molecule has 0 aliphatic heterocycles. The summed E-state index contributed by atoms with van der Waals surface area (Å²) in [5.74, 6) is -0.0819. The van der Waals surface area contributed by atoms with E-state index in [4.69, 9.17) is 10.5 Å². The Bertz CT molecular complexity index is 140. The second kappa shape index (κ2) is 8.01. The summed E-state index contributed by atoms with van der Waals surface area (Å²) in [4.78, 5) is 11.2. The molecule has 0 aromatic rings. The first-order chi connectivity index (χ1) is 6.22. The third kappa shape index (κ3) is 6.54. The maximum Gasteiger partial charge on any atom is 0.236 e. The molecular formula is C9H20N2O2. The summed E-state index contributed by atoms with van der Waals surface area (Å²) < 4.78 is 5.07. The molecular weight excluding hydrogens is 168 g/mol. The van der Waals surface area contributed by atoms with E-state index in [1.807, 2.05) is 13.8 Å². The van der Waals surface area contributed by atoms with Crippen LogP contribution in [-0.4, -0.2) is 31.7 Å². The zero-order chi connectivity index (χ0) is 10.1. The Kier molecular flexibility index (Phi) is 7.63. The van der Waals surface area contributed by atoms with E-state index in [-0.39, 0.29) is 11.9 Å². The number of amides is 1. The average Bonchev–Trinajstić information content (AvgIpc) is 2.12. The first kappa shape index (κ1) is 12.4. The van der Waals surface area contributed by atoms with Crippen LogP contribution in [-0.2, 0) is 9.53 Å². The number of hydrogen-bond acceptors (Lipinski definition) is 3. The van der Waals surface area contributed by atoms with Gasteiger partial charge in [-0.2, -0.15) is 0 Å². The summed E-state index contributed by atoms with van der Waals surface area (Å²) in [6, 6.07) is -0.369. The molecule has 0 fully saturated rings. The van der Waals surface area contributed by atoms with Crippen LogP contribution in [0, 0.1) is 0 Å². The standard InChI is InChI=1S/C9H20N2O2/c1-3-5-8(10)9(12)11-6-7-13-4-2/h8H,3-7,10H2,1-2H3,(H,11,12). The Labute approximate surface area is 79.8 Å². The lowest BCUT2D eigenvalue weighted by Gasteiger charge is -2.10. The largest absolute Gasteiger partial charge is 0.380 e. The van der Waals surface area contributed by atoms with E-state index >= 15 is 0 Å². The van der Waals surface area contributed by atoms with Gasteiger partial charge < -0.3 is 15.8 Å². The molecule has 13 heavy (non-hydrogen) atoms. The fourth-order valence-electron chi connectivity index (χ4n) is 0.964. The molecule has 1 amide bonds. The maximum atomic E-state index is 11.2. The number of carbonyl (C=O) groups is 1. The van der Waals surface area contributed by atoms with Crippen LogP contribution in [0.15, 0.2) is 0 Å². The van der Waals surface area contributed by atoms with Crippen LogP contribution in [0.25, 0.3) is 0 Å². The third-order valence-electron chi connectivity index (χ3n) is 1.69. The van der Waals surface area contributed by atoms with Gasteiger partial charge in [0.2, 0.25) is 5.91 Å². The van der Waals surface area contributed by atoms with Gasteiger partial charge in [0.25, 0.3) is 0 Å². The molecule has 0 bridgehead atoms. The highest BCUT2D eigenvalue weighted by Crippen LogP contribution is 1.92. The minimum atomic E-state index is -0.369. The Morgan fingerprint density at radius 1 is 1.54 bits per heavy atom. The van der Waals surface area contributed by atoms with Crippen molar-refractivity contribution in [3.63, 3.8) is 0 Å². The molecule has 78 valence electrons. The van der Waals surface area contributed by atoms with Crippen molar-refractivity contribution in [2.45, 2.75) is 32.7 Å². The second-order valence-corrected chi connectivity index (χ2v) is 2.88. The summed E-state index contributed by atoms with van der Waals surface area (Å²) >= 11 is 0. The van der Waals surface area contributed by atoms with Gasteiger partial charge >= 0.3 is 0 Å². The molecule has 3 N–H and O–H groups in total. The first-order valence-corrected chi connectivity index (χ1v) is 4.83. The predicted octanol–water partition coefficient (Wildman–Crippen LogP) is 0.267. The summed E-state index contributed by atoms with van der Waals surface area (Å²) in [5, 5.41) is 2.71. The van der Waals surface area contributed by atoms with Gasteiger partial charge in [-0.15, -0.1) is 0 Å². The van der Waals surface area contributed by atoms with Crippen LogP contribution < -0.4 is 11.1 Å². The molecule has 0 aliphatic carbocycles. The fourth-order valence-corrected chi connectivity index (χ4v) is 0.964. The highest BCUT2D eigenvalue weighted by molar-refractivity contribution is 5.81. The number of nitrogens with one attached hydrogen (secondary N) is 1. The average molecular weight is 188 g/mol. The maximum absolute atomic E-state index is 11.2. The molecule has 1 atom stereocenters. The lowest BCUT2D eigenvalue weighted by atomic mass is 10.2. The molecule has 1 unspecified atom stereocenters. The van der Waals surface area contributed by atoms with Crippen LogP contribution in [0.2, 0.25) is 0 Å². The van der Waals surface area contributed by atoms with Crippen molar-refractivity contribution < 1.29 is 9.53 Å². The van der Waals surface area contributed by atoms with Gasteiger partial charge in [0.1, 0.15) is 0 Å². The number of rotatable bonds is 7. The molecule has 4 heteroatoms. The Balaban J connectivity index is 3.38.